The van der Waals surface area contributed by atoms with E-state index in [9.17, 15) is 9.18 Å². The minimum absolute atomic E-state index is 0.00723. The van der Waals surface area contributed by atoms with Gasteiger partial charge in [-0.05, 0) is 36.9 Å². The SMILES string of the molecule is COc1cccc(C(=O)CN(C)Cc2cccc(F)c2)c1. The molecule has 3 nitrogen and oxygen atoms in total. The van der Waals surface area contributed by atoms with Crippen molar-refractivity contribution in [2.24, 2.45) is 0 Å². The third-order valence-electron chi connectivity index (χ3n) is 3.15. The normalized spacial score (nSPS) is 10.7. The fraction of sp³-hybridized carbons (Fsp3) is 0.235. The highest BCUT2D eigenvalue weighted by Crippen LogP contribution is 2.14. The van der Waals surface area contributed by atoms with E-state index < -0.39 is 0 Å². The summed E-state index contributed by atoms with van der Waals surface area (Å²) in [5.74, 6) is 0.404. The highest BCUT2D eigenvalue weighted by atomic mass is 19.1. The van der Waals surface area contributed by atoms with Crippen molar-refractivity contribution in [1.82, 2.24) is 4.90 Å². The number of ketones is 1. The molecule has 0 N–H and O–H groups in total. The zero-order chi connectivity index (χ0) is 15.2. The van der Waals surface area contributed by atoms with Crippen LogP contribution in [0, 0.1) is 5.82 Å². The van der Waals surface area contributed by atoms with E-state index >= 15 is 0 Å². The standard InChI is InChI=1S/C17H18FNO2/c1-19(11-13-5-3-7-15(18)9-13)12-17(20)14-6-4-8-16(10-14)21-2/h3-10H,11-12H2,1-2H3. The van der Waals surface area contributed by atoms with Gasteiger partial charge in [-0.2, -0.15) is 0 Å². The first-order valence-corrected chi connectivity index (χ1v) is 6.68. The molecule has 0 bridgehead atoms. The predicted octanol–water partition coefficient (Wildman–Crippen LogP) is 3.15. The molecule has 0 saturated heterocycles. The first-order chi connectivity index (χ1) is 10.1. The van der Waals surface area contributed by atoms with Crippen molar-refractivity contribution in [3.8, 4) is 5.75 Å². The Bertz CT molecular complexity index is 628. The van der Waals surface area contributed by atoms with Gasteiger partial charge in [0.25, 0.3) is 0 Å². The lowest BCUT2D eigenvalue weighted by molar-refractivity contribution is 0.0942. The molecule has 0 heterocycles. The monoisotopic (exact) mass is 287 g/mol. The summed E-state index contributed by atoms with van der Waals surface area (Å²) in [7, 11) is 3.41. The molecule has 0 unspecified atom stereocenters. The average molecular weight is 287 g/mol. The molecule has 4 heteroatoms. The Morgan fingerprint density at radius 2 is 1.95 bits per heavy atom. The van der Waals surface area contributed by atoms with Crippen LogP contribution < -0.4 is 4.74 Å². The van der Waals surface area contributed by atoms with E-state index in [-0.39, 0.29) is 18.1 Å². The molecule has 0 aliphatic carbocycles. The van der Waals surface area contributed by atoms with Crippen molar-refractivity contribution in [2.45, 2.75) is 6.54 Å². The van der Waals surface area contributed by atoms with Gasteiger partial charge in [0.15, 0.2) is 5.78 Å². The lowest BCUT2D eigenvalue weighted by Crippen LogP contribution is -2.25. The molecule has 0 aliphatic rings. The number of nitrogens with zero attached hydrogens (tertiary/aromatic N) is 1. The van der Waals surface area contributed by atoms with E-state index in [1.165, 1.54) is 12.1 Å². The molecule has 0 amide bonds. The maximum atomic E-state index is 13.1. The molecule has 2 rings (SSSR count). The number of Topliss-reactive ketones (excluding diaryl/α,β-unsaturated/α-hetero) is 1. The maximum absolute atomic E-state index is 13.1. The molecule has 2 aromatic rings. The molecule has 0 aromatic heterocycles. The summed E-state index contributed by atoms with van der Waals surface area (Å²) >= 11 is 0. The van der Waals surface area contributed by atoms with Gasteiger partial charge in [-0.15, -0.1) is 0 Å². The third-order valence-corrected chi connectivity index (χ3v) is 3.15. The van der Waals surface area contributed by atoms with E-state index in [2.05, 4.69) is 0 Å². The zero-order valence-corrected chi connectivity index (χ0v) is 12.2. The van der Waals surface area contributed by atoms with E-state index in [0.29, 0.717) is 17.9 Å². The second-order valence-electron chi connectivity index (χ2n) is 4.96. The van der Waals surface area contributed by atoms with Crippen LogP contribution in [0.1, 0.15) is 15.9 Å². The molecular weight excluding hydrogens is 269 g/mol. The first-order valence-electron chi connectivity index (χ1n) is 6.68. The fourth-order valence-corrected chi connectivity index (χ4v) is 2.14. The molecule has 0 atom stereocenters. The highest BCUT2D eigenvalue weighted by Gasteiger charge is 2.10. The second kappa shape index (κ2) is 6.99. The molecule has 0 radical (unpaired) electrons. The molecule has 21 heavy (non-hydrogen) atoms. The van der Waals surface area contributed by atoms with E-state index in [1.807, 2.05) is 18.0 Å². The van der Waals surface area contributed by atoms with Gasteiger partial charge < -0.3 is 4.74 Å². The Labute approximate surface area is 124 Å². The van der Waals surface area contributed by atoms with Gasteiger partial charge in [0, 0.05) is 12.1 Å². The molecule has 0 aliphatic heterocycles. The number of halogens is 1. The van der Waals surface area contributed by atoms with Gasteiger partial charge in [0.05, 0.1) is 13.7 Å². The van der Waals surface area contributed by atoms with Crippen LogP contribution in [0.5, 0.6) is 5.75 Å². The summed E-state index contributed by atoms with van der Waals surface area (Å²) in [5, 5.41) is 0. The minimum Gasteiger partial charge on any atom is -0.497 e. The topological polar surface area (TPSA) is 29.5 Å². The molecule has 0 saturated carbocycles. The Morgan fingerprint density at radius 3 is 2.67 bits per heavy atom. The van der Waals surface area contributed by atoms with Crippen molar-refractivity contribution >= 4 is 5.78 Å². The molecule has 2 aromatic carbocycles. The van der Waals surface area contributed by atoms with Gasteiger partial charge in [-0.1, -0.05) is 24.3 Å². The van der Waals surface area contributed by atoms with Crippen LogP contribution in [0.4, 0.5) is 4.39 Å². The summed E-state index contributed by atoms with van der Waals surface area (Å²) in [6.07, 6.45) is 0. The number of methoxy groups -OCH3 is 1. The van der Waals surface area contributed by atoms with Crippen LogP contribution in [0.25, 0.3) is 0 Å². The summed E-state index contributed by atoms with van der Waals surface area (Å²) in [4.78, 5) is 14.1. The van der Waals surface area contributed by atoms with Crippen molar-refractivity contribution in [3.05, 3.63) is 65.5 Å². The highest BCUT2D eigenvalue weighted by molar-refractivity contribution is 5.97. The summed E-state index contributed by atoms with van der Waals surface area (Å²) in [5.41, 5.74) is 1.45. The molecule has 0 spiro atoms. The van der Waals surface area contributed by atoms with Crippen molar-refractivity contribution in [3.63, 3.8) is 0 Å². The molecule has 110 valence electrons. The quantitative estimate of drug-likeness (QED) is 0.764. The zero-order valence-electron chi connectivity index (χ0n) is 12.2. The van der Waals surface area contributed by atoms with Crippen LogP contribution in [-0.4, -0.2) is 31.4 Å². The van der Waals surface area contributed by atoms with Gasteiger partial charge >= 0.3 is 0 Å². The van der Waals surface area contributed by atoms with Crippen LogP contribution in [-0.2, 0) is 6.54 Å². The lowest BCUT2D eigenvalue weighted by Gasteiger charge is -2.16. The molecule has 0 fully saturated rings. The van der Waals surface area contributed by atoms with Gasteiger partial charge in [-0.3, -0.25) is 9.69 Å². The Kier molecular flexibility index (Phi) is 5.06. The number of carbonyl (C=O) groups excluding carboxylic acids is 1. The van der Waals surface area contributed by atoms with E-state index in [0.717, 1.165) is 5.56 Å². The summed E-state index contributed by atoms with van der Waals surface area (Å²) in [6.45, 7) is 0.789. The number of rotatable bonds is 6. The van der Waals surface area contributed by atoms with Gasteiger partial charge in [-0.25, -0.2) is 4.39 Å². The number of carbonyl (C=O) groups is 1. The minimum atomic E-state index is -0.264. The van der Waals surface area contributed by atoms with Crippen molar-refractivity contribution < 1.29 is 13.9 Å². The lowest BCUT2D eigenvalue weighted by atomic mass is 10.1. The van der Waals surface area contributed by atoms with E-state index in [4.69, 9.17) is 4.74 Å². The number of ether oxygens (including phenoxy) is 1. The van der Waals surface area contributed by atoms with Crippen LogP contribution >= 0.6 is 0 Å². The third kappa shape index (κ3) is 4.39. The average Bonchev–Trinajstić information content (AvgIpc) is 2.47. The van der Waals surface area contributed by atoms with Crippen molar-refractivity contribution in [2.75, 3.05) is 20.7 Å². The van der Waals surface area contributed by atoms with Crippen LogP contribution in [0.15, 0.2) is 48.5 Å². The van der Waals surface area contributed by atoms with E-state index in [1.54, 1.807) is 37.4 Å². The molecular formula is C17H18FNO2. The number of hydrogen-bond donors (Lipinski definition) is 0. The number of benzene rings is 2. The second-order valence-corrected chi connectivity index (χ2v) is 4.96. The Hall–Kier alpha value is -2.20. The number of likely N-dealkylation sites (N-methyl/N-ethyl adjacent to an activating group) is 1. The fourth-order valence-electron chi connectivity index (χ4n) is 2.14. The Balaban J connectivity index is 1.98. The maximum Gasteiger partial charge on any atom is 0.176 e. The largest absolute Gasteiger partial charge is 0.497 e. The number of hydrogen-bond acceptors (Lipinski definition) is 3. The predicted molar refractivity (Wildman–Crippen MR) is 80.1 cm³/mol. The summed E-state index contributed by atoms with van der Waals surface area (Å²) < 4.78 is 18.2. The van der Waals surface area contributed by atoms with Crippen LogP contribution in [0.2, 0.25) is 0 Å². The summed E-state index contributed by atoms with van der Waals surface area (Å²) in [6, 6.07) is 13.5. The van der Waals surface area contributed by atoms with Crippen LogP contribution in [0.3, 0.4) is 0 Å². The van der Waals surface area contributed by atoms with Gasteiger partial charge in [0.2, 0.25) is 0 Å². The smallest absolute Gasteiger partial charge is 0.176 e. The Morgan fingerprint density at radius 1 is 1.19 bits per heavy atom. The first kappa shape index (κ1) is 15.2. The van der Waals surface area contributed by atoms with Gasteiger partial charge in [0.1, 0.15) is 11.6 Å². The van der Waals surface area contributed by atoms with Crippen molar-refractivity contribution in [1.29, 1.82) is 0 Å².